The summed E-state index contributed by atoms with van der Waals surface area (Å²) in [5, 5.41) is 0. The molecule has 5 aliphatic carbocycles. The second kappa shape index (κ2) is 11.5. The smallest absolute Gasteiger partial charge is 0.338 e. The third-order valence-corrected chi connectivity index (χ3v) is 15.0. The zero-order valence-corrected chi connectivity index (χ0v) is 29.3. The molecular formula is C40H56O6. The lowest BCUT2D eigenvalue weighted by molar-refractivity contribution is -0.263. The lowest BCUT2D eigenvalue weighted by atomic mass is 9.32. The Morgan fingerprint density at radius 1 is 0.848 bits per heavy atom. The SMILES string of the molecule is C=C(C)[C@@H]1CC[C@]2(C(=O)OC)CC[C@]3(COC(=O)c4ccccc4)[C@H](CC[C@@H]4[C@@]5(C)CC[C@H](OC(C)=O)C(C)(C)[C@@H]5CC[C@]43C)[C@@H]12. The van der Waals surface area contributed by atoms with Gasteiger partial charge in [-0.25, -0.2) is 4.79 Å². The number of esters is 3. The summed E-state index contributed by atoms with van der Waals surface area (Å²) >= 11 is 0. The van der Waals surface area contributed by atoms with E-state index in [0.29, 0.717) is 24.0 Å². The monoisotopic (exact) mass is 632 g/mol. The van der Waals surface area contributed by atoms with Crippen molar-refractivity contribution in [1.29, 1.82) is 0 Å². The highest BCUT2D eigenvalue weighted by molar-refractivity contribution is 5.89. The number of rotatable bonds is 6. The van der Waals surface area contributed by atoms with Gasteiger partial charge in [0, 0.05) is 17.8 Å². The van der Waals surface area contributed by atoms with Gasteiger partial charge in [-0.3, -0.25) is 9.59 Å². The number of allylic oxidation sites excluding steroid dienone is 1. The lowest BCUT2D eigenvalue weighted by Gasteiger charge is -2.73. The normalized spacial score (nSPS) is 42.3. The fraction of sp³-hybridized carbons (Fsp3) is 0.725. The van der Waals surface area contributed by atoms with Gasteiger partial charge in [0.15, 0.2) is 0 Å². The van der Waals surface area contributed by atoms with Crippen LogP contribution in [0.1, 0.15) is 116 Å². The van der Waals surface area contributed by atoms with Gasteiger partial charge in [0.25, 0.3) is 0 Å². The number of carbonyl (C=O) groups excluding carboxylic acids is 3. The van der Waals surface area contributed by atoms with Crippen molar-refractivity contribution in [2.75, 3.05) is 13.7 Å². The summed E-state index contributed by atoms with van der Waals surface area (Å²) in [4.78, 5) is 39.5. The molecular weight excluding hydrogens is 576 g/mol. The van der Waals surface area contributed by atoms with Gasteiger partial charge in [-0.05, 0) is 124 Å². The van der Waals surface area contributed by atoms with E-state index in [1.54, 1.807) is 7.11 Å². The number of carbonyl (C=O) groups is 3. The van der Waals surface area contributed by atoms with E-state index in [1.807, 2.05) is 30.3 Å². The van der Waals surface area contributed by atoms with E-state index in [0.717, 1.165) is 69.8 Å². The van der Waals surface area contributed by atoms with Crippen LogP contribution in [0.4, 0.5) is 0 Å². The second-order valence-electron chi connectivity index (χ2n) is 17.0. The molecule has 0 bridgehead atoms. The van der Waals surface area contributed by atoms with Crippen LogP contribution in [0.3, 0.4) is 0 Å². The Balaban J connectivity index is 1.44. The zero-order valence-electron chi connectivity index (χ0n) is 29.3. The van der Waals surface area contributed by atoms with E-state index >= 15 is 0 Å². The van der Waals surface area contributed by atoms with E-state index in [2.05, 4.69) is 41.2 Å². The number of fused-ring (bicyclic) bond motifs is 7. The Bertz CT molecular complexity index is 1380. The summed E-state index contributed by atoms with van der Waals surface area (Å²) in [6.07, 6.45) is 9.40. The van der Waals surface area contributed by atoms with Crippen LogP contribution in [0.15, 0.2) is 42.5 Å². The summed E-state index contributed by atoms with van der Waals surface area (Å²) in [6.45, 7) is 18.1. The standard InChI is InChI=1S/C40H56O6/c1-25(2)28-16-21-39(35(43)44-8)22-23-40(24-45-34(42)27-12-10-9-11-13-27)29(33(28)39)14-15-31-37(6)19-18-32(46-26(3)41)36(4,5)30(37)17-20-38(31,40)7/h9-13,28-33H,1,14-24H2,2-8H3/t28-,29+,30-,31+,32-,33+,37-,38+,39-,40-/m0/s1. The quantitative estimate of drug-likeness (QED) is 0.178. The van der Waals surface area contributed by atoms with E-state index in [4.69, 9.17) is 14.2 Å². The third kappa shape index (κ3) is 4.65. The van der Waals surface area contributed by atoms with Crippen molar-refractivity contribution in [3.05, 3.63) is 48.0 Å². The summed E-state index contributed by atoms with van der Waals surface area (Å²) in [7, 11) is 1.54. The molecule has 46 heavy (non-hydrogen) atoms. The Hall–Kier alpha value is -2.63. The molecule has 0 saturated heterocycles. The maximum atomic E-state index is 13.8. The molecule has 0 aliphatic heterocycles. The van der Waals surface area contributed by atoms with Crippen LogP contribution in [-0.2, 0) is 23.8 Å². The summed E-state index contributed by atoms with van der Waals surface area (Å²) < 4.78 is 18.0. The van der Waals surface area contributed by atoms with Crippen molar-refractivity contribution in [1.82, 2.24) is 0 Å². The van der Waals surface area contributed by atoms with Crippen molar-refractivity contribution in [2.24, 2.45) is 56.7 Å². The van der Waals surface area contributed by atoms with E-state index in [-0.39, 0.29) is 63.4 Å². The molecule has 0 unspecified atom stereocenters. The maximum Gasteiger partial charge on any atom is 0.338 e. The van der Waals surface area contributed by atoms with Crippen molar-refractivity contribution >= 4 is 17.9 Å². The number of ether oxygens (including phenoxy) is 3. The molecule has 0 N–H and O–H groups in total. The Morgan fingerprint density at radius 2 is 1.57 bits per heavy atom. The van der Waals surface area contributed by atoms with Gasteiger partial charge in [-0.15, -0.1) is 0 Å². The number of hydrogen-bond donors (Lipinski definition) is 0. The zero-order chi connectivity index (χ0) is 33.3. The molecule has 6 rings (SSSR count). The van der Waals surface area contributed by atoms with E-state index in [9.17, 15) is 14.4 Å². The molecule has 5 saturated carbocycles. The average molecular weight is 633 g/mol. The molecule has 252 valence electrons. The minimum absolute atomic E-state index is 0.0644. The molecule has 6 nitrogen and oxygen atoms in total. The number of methoxy groups -OCH3 is 1. The van der Waals surface area contributed by atoms with Crippen LogP contribution in [0, 0.1) is 56.7 Å². The fourth-order valence-corrected chi connectivity index (χ4v) is 13.1. The molecule has 0 radical (unpaired) electrons. The molecule has 6 heteroatoms. The first kappa shape index (κ1) is 33.3. The van der Waals surface area contributed by atoms with Crippen LogP contribution in [0.25, 0.3) is 0 Å². The van der Waals surface area contributed by atoms with Gasteiger partial charge in [0.05, 0.1) is 24.7 Å². The fourth-order valence-electron chi connectivity index (χ4n) is 13.1. The highest BCUT2D eigenvalue weighted by Crippen LogP contribution is 2.78. The van der Waals surface area contributed by atoms with E-state index < -0.39 is 5.41 Å². The van der Waals surface area contributed by atoms with Crippen LogP contribution in [0.5, 0.6) is 0 Å². The highest BCUT2D eigenvalue weighted by Gasteiger charge is 2.74. The van der Waals surface area contributed by atoms with Gasteiger partial charge in [-0.1, -0.05) is 58.0 Å². The van der Waals surface area contributed by atoms with Crippen molar-refractivity contribution in [2.45, 2.75) is 112 Å². The molecule has 0 spiro atoms. The molecule has 1 aromatic carbocycles. The Kier molecular flexibility index (Phi) is 8.33. The van der Waals surface area contributed by atoms with Gasteiger partial charge in [0.1, 0.15) is 6.10 Å². The first-order valence-corrected chi connectivity index (χ1v) is 17.8. The van der Waals surface area contributed by atoms with Crippen molar-refractivity contribution in [3.8, 4) is 0 Å². The van der Waals surface area contributed by atoms with Crippen molar-refractivity contribution in [3.63, 3.8) is 0 Å². The lowest BCUT2D eigenvalue weighted by Crippen LogP contribution is -2.69. The third-order valence-electron chi connectivity index (χ3n) is 15.0. The van der Waals surface area contributed by atoms with Gasteiger partial charge in [-0.2, -0.15) is 0 Å². The minimum Gasteiger partial charge on any atom is -0.469 e. The largest absolute Gasteiger partial charge is 0.469 e. The Morgan fingerprint density at radius 3 is 2.22 bits per heavy atom. The average Bonchev–Trinajstić information content (AvgIpc) is 3.42. The summed E-state index contributed by atoms with van der Waals surface area (Å²) in [5.74, 6) is 0.920. The van der Waals surface area contributed by atoms with E-state index in [1.165, 1.54) is 6.92 Å². The Labute approximate surface area is 276 Å². The maximum absolute atomic E-state index is 13.8. The predicted molar refractivity (Wildman–Crippen MR) is 178 cm³/mol. The van der Waals surface area contributed by atoms with Crippen LogP contribution in [0.2, 0.25) is 0 Å². The molecule has 1 aromatic rings. The topological polar surface area (TPSA) is 78.9 Å². The second-order valence-corrected chi connectivity index (χ2v) is 17.0. The van der Waals surface area contributed by atoms with Crippen LogP contribution < -0.4 is 0 Å². The van der Waals surface area contributed by atoms with Gasteiger partial charge in [0.2, 0.25) is 0 Å². The minimum atomic E-state index is -0.510. The first-order chi connectivity index (χ1) is 21.7. The molecule has 5 fully saturated rings. The number of hydrogen-bond acceptors (Lipinski definition) is 6. The summed E-state index contributed by atoms with van der Waals surface area (Å²) in [5.41, 5.74) is 0.792. The molecule has 5 aliphatic rings. The molecule has 0 amide bonds. The van der Waals surface area contributed by atoms with Crippen LogP contribution in [-0.4, -0.2) is 37.7 Å². The molecule has 0 heterocycles. The molecule has 10 atom stereocenters. The predicted octanol–water partition coefficient (Wildman–Crippen LogP) is 8.59. The highest BCUT2D eigenvalue weighted by atomic mass is 16.5. The molecule has 0 aromatic heterocycles. The number of benzene rings is 1. The first-order valence-electron chi connectivity index (χ1n) is 17.8. The van der Waals surface area contributed by atoms with Gasteiger partial charge < -0.3 is 14.2 Å². The summed E-state index contributed by atoms with van der Waals surface area (Å²) in [6, 6.07) is 9.34. The van der Waals surface area contributed by atoms with Crippen molar-refractivity contribution < 1.29 is 28.6 Å². The van der Waals surface area contributed by atoms with Crippen LogP contribution >= 0.6 is 0 Å². The van der Waals surface area contributed by atoms with Gasteiger partial charge >= 0.3 is 17.9 Å².